The molecule has 0 aliphatic heterocycles. The largest absolute Gasteiger partial charge is 0.504 e. The van der Waals surface area contributed by atoms with E-state index in [9.17, 15) is 9.90 Å². The molecule has 1 aromatic carbocycles. The van der Waals surface area contributed by atoms with Crippen LogP contribution in [0.25, 0.3) is 0 Å². The predicted molar refractivity (Wildman–Crippen MR) is 126 cm³/mol. The fraction of sp³-hybridized carbons (Fsp3) is 0.370. The molecule has 1 aliphatic rings. The maximum absolute atomic E-state index is 12.2. The SMILES string of the molecule is COc1cccc(C(=O)OC/C=C(C)/C=C/C=C(C)/C=C/C2=CCCCC2(C)C)c1O. The molecule has 0 bridgehead atoms. The number of benzene rings is 1. The van der Waals surface area contributed by atoms with Gasteiger partial charge >= 0.3 is 5.97 Å². The molecule has 0 fully saturated rings. The van der Waals surface area contributed by atoms with E-state index in [0.717, 1.165) is 12.0 Å². The van der Waals surface area contributed by atoms with E-state index in [-0.39, 0.29) is 29.1 Å². The first kappa shape index (κ1) is 24.3. The van der Waals surface area contributed by atoms with Crippen molar-refractivity contribution >= 4 is 5.97 Å². The number of methoxy groups -OCH3 is 1. The lowest BCUT2D eigenvalue weighted by atomic mass is 9.75. The minimum absolute atomic E-state index is 0.0857. The predicted octanol–water partition coefficient (Wildman–Crippen LogP) is 6.70. The summed E-state index contributed by atoms with van der Waals surface area (Å²) in [7, 11) is 1.43. The zero-order chi connectivity index (χ0) is 22.9. The van der Waals surface area contributed by atoms with Crippen LogP contribution in [-0.2, 0) is 4.74 Å². The zero-order valence-electron chi connectivity index (χ0n) is 19.3. The maximum Gasteiger partial charge on any atom is 0.342 e. The minimum atomic E-state index is -0.592. The number of rotatable bonds is 8. The molecule has 1 aromatic rings. The molecular formula is C27H34O4. The number of para-hydroxylation sites is 1. The molecule has 0 atom stereocenters. The van der Waals surface area contributed by atoms with Crippen LogP contribution in [0, 0.1) is 5.41 Å². The smallest absolute Gasteiger partial charge is 0.342 e. The lowest BCUT2D eigenvalue weighted by Gasteiger charge is -2.30. The van der Waals surface area contributed by atoms with E-state index in [2.05, 4.69) is 45.1 Å². The van der Waals surface area contributed by atoms with Crippen molar-refractivity contribution in [2.75, 3.05) is 13.7 Å². The van der Waals surface area contributed by atoms with Gasteiger partial charge in [-0.3, -0.25) is 0 Å². The Kier molecular flexibility index (Phi) is 8.92. The number of ether oxygens (including phenoxy) is 2. The number of carbonyl (C=O) groups is 1. The molecule has 166 valence electrons. The van der Waals surface area contributed by atoms with Crippen molar-refractivity contribution in [2.45, 2.75) is 47.0 Å². The van der Waals surface area contributed by atoms with Crippen LogP contribution in [-0.4, -0.2) is 24.8 Å². The van der Waals surface area contributed by atoms with Crippen LogP contribution in [0.5, 0.6) is 11.5 Å². The summed E-state index contributed by atoms with van der Waals surface area (Å²) < 4.78 is 10.2. The molecule has 1 N–H and O–H groups in total. The van der Waals surface area contributed by atoms with Crippen molar-refractivity contribution in [1.82, 2.24) is 0 Å². The van der Waals surface area contributed by atoms with Gasteiger partial charge in [0.05, 0.1) is 7.11 Å². The summed E-state index contributed by atoms with van der Waals surface area (Å²) >= 11 is 0. The number of esters is 1. The molecule has 31 heavy (non-hydrogen) atoms. The van der Waals surface area contributed by atoms with Crippen molar-refractivity contribution in [3.05, 3.63) is 83.0 Å². The monoisotopic (exact) mass is 422 g/mol. The van der Waals surface area contributed by atoms with Crippen LogP contribution >= 0.6 is 0 Å². The molecule has 4 heteroatoms. The van der Waals surface area contributed by atoms with Crippen molar-refractivity contribution in [3.63, 3.8) is 0 Å². The Balaban J connectivity index is 1.88. The van der Waals surface area contributed by atoms with Crippen LogP contribution < -0.4 is 4.74 Å². The van der Waals surface area contributed by atoms with Gasteiger partial charge < -0.3 is 14.6 Å². The van der Waals surface area contributed by atoms with Gasteiger partial charge in [0.15, 0.2) is 11.5 Å². The Morgan fingerprint density at radius 2 is 1.97 bits per heavy atom. The first-order valence-corrected chi connectivity index (χ1v) is 10.7. The highest BCUT2D eigenvalue weighted by Gasteiger charge is 2.23. The number of hydrogen-bond donors (Lipinski definition) is 1. The summed E-state index contributed by atoms with van der Waals surface area (Å²) in [5, 5.41) is 10.0. The summed E-state index contributed by atoms with van der Waals surface area (Å²) in [6, 6.07) is 4.72. The Bertz CT molecular complexity index is 927. The van der Waals surface area contributed by atoms with Gasteiger partial charge in [-0.05, 0) is 62.3 Å². The van der Waals surface area contributed by atoms with Crippen LogP contribution in [0.1, 0.15) is 57.3 Å². The molecular weight excluding hydrogens is 388 g/mol. The number of phenolic OH excluding ortho intramolecular Hbond substituents is 1. The van der Waals surface area contributed by atoms with E-state index in [0.29, 0.717) is 0 Å². The van der Waals surface area contributed by atoms with Gasteiger partial charge in [-0.2, -0.15) is 0 Å². The number of allylic oxidation sites excluding steroid dienone is 9. The second-order valence-electron chi connectivity index (χ2n) is 8.44. The Hall–Kier alpha value is -3.01. The Morgan fingerprint density at radius 3 is 2.68 bits per heavy atom. The molecule has 4 nitrogen and oxygen atoms in total. The first-order valence-electron chi connectivity index (χ1n) is 10.7. The Morgan fingerprint density at radius 1 is 1.19 bits per heavy atom. The van der Waals surface area contributed by atoms with Crippen molar-refractivity contribution < 1.29 is 19.4 Å². The van der Waals surface area contributed by atoms with Crippen LogP contribution in [0.2, 0.25) is 0 Å². The van der Waals surface area contributed by atoms with Crippen LogP contribution in [0.4, 0.5) is 0 Å². The van der Waals surface area contributed by atoms with Gasteiger partial charge in [0.2, 0.25) is 0 Å². The van der Waals surface area contributed by atoms with E-state index in [1.165, 1.54) is 37.2 Å². The highest BCUT2D eigenvalue weighted by Crippen LogP contribution is 2.37. The highest BCUT2D eigenvalue weighted by molar-refractivity contribution is 5.93. The van der Waals surface area contributed by atoms with Crippen molar-refractivity contribution in [2.24, 2.45) is 5.41 Å². The van der Waals surface area contributed by atoms with Gasteiger partial charge in [-0.15, -0.1) is 0 Å². The summed E-state index contributed by atoms with van der Waals surface area (Å²) in [5.41, 5.74) is 3.90. The molecule has 0 aromatic heterocycles. The van der Waals surface area contributed by atoms with Gasteiger partial charge in [0.1, 0.15) is 12.2 Å². The number of hydrogen-bond acceptors (Lipinski definition) is 4. The van der Waals surface area contributed by atoms with Gasteiger partial charge in [-0.1, -0.05) is 67.5 Å². The Labute approximate surface area is 186 Å². The highest BCUT2D eigenvalue weighted by atomic mass is 16.5. The molecule has 0 spiro atoms. The van der Waals surface area contributed by atoms with E-state index in [1.807, 2.05) is 25.2 Å². The number of carbonyl (C=O) groups excluding carboxylic acids is 1. The topological polar surface area (TPSA) is 55.8 Å². The molecule has 0 unspecified atom stereocenters. The summed E-state index contributed by atoms with van der Waals surface area (Å²) in [6.45, 7) is 8.76. The van der Waals surface area contributed by atoms with E-state index >= 15 is 0 Å². The third-order valence-electron chi connectivity index (χ3n) is 5.45. The quantitative estimate of drug-likeness (QED) is 0.374. The van der Waals surface area contributed by atoms with Gasteiger partial charge in [-0.25, -0.2) is 4.79 Å². The molecule has 1 aliphatic carbocycles. The van der Waals surface area contributed by atoms with E-state index in [1.54, 1.807) is 12.1 Å². The first-order chi connectivity index (χ1) is 14.7. The molecule has 0 saturated carbocycles. The molecule has 0 radical (unpaired) electrons. The van der Waals surface area contributed by atoms with Gasteiger partial charge in [0, 0.05) is 0 Å². The second kappa shape index (κ2) is 11.4. The molecule has 0 amide bonds. The standard InChI is InChI=1S/C27H34O4/c1-20(15-16-22-12-6-7-18-27(22,3)4)10-8-11-21(2)17-19-31-26(29)23-13-9-14-24(30-5)25(23)28/h8-17,28H,6-7,18-19H2,1-5H3/b11-8+,16-15+,20-10+,21-17+. The van der Waals surface area contributed by atoms with Crippen LogP contribution in [0.15, 0.2) is 77.5 Å². The number of phenols is 1. The normalized spacial score (nSPS) is 17.1. The third-order valence-corrected chi connectivity index (χ3v) is 5.45. The third kappa shape index (κ3) is 7.32. The zero-order valence-corrected chi connectivity index (χ0v) is 19.3. The lowest BCUT2D eigenvalue weighted by molar-refractivity contribution is 0.0545. The fourth-order valence-electron chi connectivity index (χ4n) is 3.39. The number of aromatic hydroxyl groups is 1. The van der Waals surface area contributed by atoms with Gasteiger partial charge in [0.25, 0.3) is 0 Å². The minimum Gasteiger partial charge on any atom is -0.504 e. The average molecular weight is 423 g/mol. The molecule has 2 rings (SSSR count). The summed E-state index contributed by atoms with van der Waals surface area (Å²) in [4.78, 5) is 12.2. The summed E-state index contributed by atoms with van der Waals surface area (Å²) in [6.07, 6.45) is 18.2. The molecule has 0 saturated heterocycles. The van der Waals surface area contributed by atoms with Crippen molar-refractivity contribution in [1.29, 1.82) is 0 Å². The average Bonchev–Trinajstić information content (AvgIpc) is 2.72. The summed E-state index contributed by atoms with van der Waals surface area (Å²) in [5.74, 6) is -0.564. The lowest BCUT2D eigenvalue weighted by Crippen LogP contribution is -2.16. The van der Waals surface area contributed by atoms with Crippen LogP contribution in [0.3, 0.4) is 0 Å². The van der Waals surface area contributed by atoms with E-state index in [4.69, 9.17) is 9.47 Å². The van der Waals surface area contributed by atoms with Crippen molar-refractivity contribution in [3.8, 4) is 11.5 Å². The maximum atomic E-state index is 12.2. The van der Waals surface area contributed by atoms with E-state index < -0.39 is 5.97 Å². The fourth-order valence-corrected chi connectivity index (χ4v) is 3.39. The second-order valence-corrected chi connectivity index (χ2v) is 8.44. The molecule has 0 heterocycles.